The number of rotatable bonds is 8. The summed E-state index contributed by atoms with van der Waals surface area (Å²) in [5.41, 5.74) is -1.06. The second-order valence-electron chi connectivity index (χ2n) is 9.09. The van der Waals surface area contributed by atoms with E-state index in [0.717, 1.165) is 64.1 Å². The van der Waals surface area contributed by atoms with Gasteiger partial charge in [-0.2, -0.15) is 0 Å². The van der Waals surface area contributed by atoms with Gasteiger partial charge in [0.15, 0.2) is 5.96 Å². The monoisotopic (exact) mass is 412 g/mol. The highest BCUT2D eigenvalue weighted by Crippen LogP contribution is 2.31. The van der Waals surface area contributed by atoms with Crippen molar-refractivity contribution in [2.75, 3.05) is 39.3 Å². The molecule has 2 fully saturated rings. The molecule has 8 heteroatoms. The smallest absolute Gasteiger partial charge is 0.407 e. The molecular formula is C21H40N4O4. The summed E-state index contributed by atoms with van der Waals surface area (Å²) < 4.78 is 11.2. The molecule has 0 radical (unpaired) electrons. The predicted molar refractivity (Wildman–Crippen MR) is 114 cm³/mol. The number of nitrogens with zero attached hydrogens (tertiary/aromatic N) is 2. The van der Waals surface area contributed by atoms with Crippen molar-refractivity contribution in [3.63, 3.8) is 0 Å². The Labute approximate surface area is 175 Å². The van der Waals surface area contributed by atoms with Crippen molar-refractivity contribution < 1.29 is 19.4 Å². The maximum atomic E-state index is 11.6. The van der Waals surface area contributed by atoms with Gasteiger partial charge < -0.3 is 30.1 Å². The van der Waals surface area contributed by atoms with Crippen LogP contribution in [-0.2, 0) is 9.47 Å². The zero-order chi connectivity index (χ0) is 21.3. The van der Waals surface area contributed by atoms with Gasteiger partial charge in [0.1, 0.15) is 5.60 Å². The largest absolute Gasteiger partial charge is 0.444 e. The minimum absolute atomic E-state index is 0.242. The van der Waals surface area contributed by atoms with E-state index in [1.54, 1.807) is 0 Å². The molecule has 0 atom stereocenters. The van der Waals surface area contributed by atoms with Crippen molar-refractivity contribution in [1.82, 2.24) is 15.5 Å². The van der Waals surface area contributed by atoms with Gasteiger partial charge in [0.25, 0.3) is 0 Å². The minimum Gasteiger partial charge on any atom is -0.444 e. The Bertz CT molecular complexity index is 535. The lowest BCUT2D eigenvalue weighted by atomic mass is 9.80. The Hall–Kier alpha value is -1.54. The van der Waals surface area contributed by atoms with E-state index >= 15 is 0 Å². The van der Waals surface area contributed by atoms with Crippen molar-refractivity contribution in [1.29, 1.82) is 0 Å². The predicted octanol–water partition coefficient (Wildman–Crippen LogP) is 2.26. The molecule has 2 aliphatic rings. The number of piperidine rings is 1. The van der Waals surface area contributed by atoms with E-state index < -0.39 is 11.2 Å². The van der Waals surface area contributed by atoms with Crippen LogP contribution in [0.25, 0.3) is 0 Å². The second kappa shape index (κ2) is 11.0. The third-order valence-corrected chi connectivity index (χ3v) is 5.23. The summed E-state index contributed by atoms with van der Waals surface area (Å²) in [6.07, 6.45) is 5.34. The first-order valence-electron chi connectivity index (χ1n) is 11.0. The lowest BCUT2D eigenvalue weighted by Crippen LogP contribution is -2.48. The molecule has 0 bridgehead atoms. The highest BCUT2D eigenvalue weighted by Gasteiger charge is 2.34. The maximum absolute atomic E-state index is 11.6. The molecule has 0 unspecified atom stereocenters. The first-order chi connectivity index (χ1) is 13.7. The molecule has 29 heavy (non-hydrogen) atoms. The van der Waals surface area contributed by atoms with E-state index in [-0.39, 0.29) is 12.2 Å². The van der Waals surface area contributed by atoms with Gasteiger partial charge in [0, 0.05) is 32.8 Å². The summed E-state index contributed by atoms with van der Waals surface area (Å²) in [6, 6.07) is 0. The number of guanidine groups is 1. The number of amides is 1. The molecule has 1 amide bonds. The summed E-state index contributed by atoms with van der Waals surface area (Å²) in [5.74, 6) is 0.896. The Morgan fingerprint density at radius 1 is 1.24 bits per heavy atom. The van der Waals surface area contributed by atoms with Crippen LogP contribution in [0, 0.1) is 0 Å². The normalized spacial score (nSPS) is 20.2. The summed E-state index contributed by atoms with van der Waals surface area (Å²) in [5, 5.41) is 16.4. The standard InChI is InChI=1S/C21H40N4O4/c1-5-22-18(24-16-21(27)10-6-11-21)25-13-8-17(9-14-25)28-15-7-12-23-19(26)29-20(2,3)4/h17,27H,5-16H2,1-4H3,(H,22,24)(H,23,26). The third kappa shape index (κ3) is 8.78. The molecule has 1 saturated heterocycles. The second-order valence-corrected chi connectivity index (χ2v) is 9.09. The van der Waals surface area contributed by atoms with Crippen LogP contribution in [0.5, 0.6) is 0 Å². The van der Waals surface area contributed by atoms with Gasteiger partial charge in [-0.05, 0) is 66.2 Å². The lowest BCUT2D eigenvalue weighted by Gasteiger charge is -2.37. The first kappa shape index (κ1) is 23.7. The van der Waals surface area contributed by atoms with Gasteiger partial charge in [-0.1, -0.05) is 0 Å². The Morgan fingerprint density at radius 2 is 1.93 bits per heavy atom. The first-order valence-corrected chi connectivity index (χ1v) is 11.0. The molecule has 168 valence electrons. The fourth-order valence-corrected chi connectivity index (χ4v) is 3.45. The Morgan fingerprint density at radius 3 is 2.48 bits per heavy atom. The van der Waals surface area contributed by atoms with Gasteiger partial charge in [0.05, 0.1) is 18.2 Å². The molecule has 2 rings (SSSR count). The quantitative estimate of drug-likeness (QED) is 0.322. The van der Waals surface area contributed by atoms with E-state index in [0.29, 0.717) is 19.7 Å². The van der Waals surface area contributed by atoms with Crippen LogP contribution in [0.1, 0.15) is 66.2 Å². The molecule has 1 aliphatic heterocycles. The lowest BCUT2D eigenvalue weighted by molar-refractivity contribution is -0.0240. The SMILES string of the molecule is CCNC(=NCC1(O)CCC1)N1CCC(OCCCNC(=O)OC(C)(C)C)CC1. The average Bonchev–Trinajstić information content (AvgIpc) is 2.62. The molecule has 8 nitrogen and oxygen atoms in total. The molecule has 0 aromatic carbocycles. The Balaban J connectivity index is 1.62. The average molecular weight is 413 g/mol. The van der Waals surface area contributed by atoms with Crippen LogP contribution >= 0.6 is 0 Å². The number of hydrogen-bond acceptors (Lipinski definition) is 5. The van der Waals surface area contributed by atoms with Crippen LogP contribution in [0.15, 0.2) is 4.99 Å². The fourth-order valence-electron chi connectivity index (χ4n) is 3.45. The zero-order valence-corrected chi connectivity index (χ0v) is 18.6. The summed E-state index contributed by atoms with van der Waals surface area (Å²) in [6.45, 7) is 11.9. The van der Waals surface area contributed by atoms with Crippen LogP contribution in [0.2, 0.25) is 0 Å². The number of carbonyl (C=O) groups is 1. The summed E-state index contributed by atoms with van der Waals surface area (Å²) >= 11 is 0. The number of ether oxygens (including phenoxy) is 2. The minimum atomic E-state index is -0.588. The van der Waals surface area contributed by atoms with Gasteiger partial charge in [0.2, 0.25) is 0 Å². The maximum Gasteiger partial charge on any atom is 0.407 e. The van der Waals surface area contributed by atoms with Crippen molar-refractivity contribution in [3.8, 4) is 0 Å². The van der Waals surface area contributed by atoms with E-state index in [2.05, 4.69) is 27.4 Å². The van der Waals surface area contributed by atoms with Gasteiger partial charge in [-0.25, -0.2) is 4.79 Å². The number of hydrogen-bond donors (Lipinski definition) is 3. The van der Waals surface area contributed by atoms with Gasteiger partial charge in [-0.15, -0.1) is 0 Å². The van der Waals surface area contributed by atoms with Crippen LogP contribution in [0.3, 0.4) is 0 Å². The van der Waals surface area contributed by atoms with Crippen LogP contribution in [-0.4, -0.2) is 78.7 Å². The molecule has 0 spiro atoms. The van der Waals surface area contributed by atoms with Gasteiger partial charge in [-0.3, -0.25) is 4.99 Å². The number of aliphatic hydroxyl groups is 1. The summed E-state index contributed by atoms with van der Waals surface area (Å²) in [4.78, 5) is 18.5. The molecule has 1 heterocycles. The Kier molecular flexibility index (Phi) is 9.02. The zero-order valence-electron chi connectivity index (χ0n) is 18.6. The summed E-state index contributed by atoms with van der Waals surface area (Å²) in [7, 11) is 0. The fraction of sp³-hybridized carbons (Fsp3) is 0.905. The highest BCUT2D eigenvalue weighted by atomic mass is 16.6. The van der Waals surface area contributed by atoms with Crippen molar-refractivity contribution in [2.45, 2.75) is 83.5 Å². The van der Waals surface area contributed by atoms with Crippen LogP contribution in [0.4, 0.5) is 4.79 Å². The highest BCUT2D eigenvalue weighted by molar-refractivity contribution is 5.80. The third-order valence-electron chi connectivity index (χ3n) is 5.23. The molecule has 0 aromatic rings. The van der Waals surface area contributed by atoms with E-state index in [1.165, 1.54) is 0 Å². The van der Waals surface area contributed by atoms with Crippen LogP contribution < -0.4 is 10.6 Å². The van der Waals surface area contributed by atoms with E-state index in [9.17, 15) is 9.90 Å². The molecule has 1 saturated carbocycles. The topological polar surface area (TPSA) is 95.4 Å². The van der Waals surface area contributed by atoms with E-state index in [1.807, 2.05) is 20.8 Å². The van der Waals surface area contributed by atoms with Gasteiger partial charge >= 0.3 is 6.09 Å². The van der Waals surface area contributed by atoms with E-state index in [4.69, 9.17) is 9.47 Å². The van der Waals surface area contributed by atoms with Crippen molar-refractivity contribution in [3.05, 3.63) is 0 Å². The number of likely N-dealkylation sites (tertiary alicyclic amines) is 1. The molecular weight excluding hydrogens is 372 g/mol. The molecule has 0 aromatic heterocycles. The number of alkyl carbamates (subject to hydrolysis) is 1. The molecule has 3 N–H and O–H groups in total. The van der Waals surface area contributed by atoms with Crippen molar-refractivity contribution in [2.24, 2.45) is 4.99 Å². The van der Waals surface area contributed by atoms with Crippen molar-refractivity contribution >= 4 is 12.1 Å². The number of aliphatic imine (C=N–C) groups is 1. The number of nitrogens with one attached hydrogen (secondary N) is 2. The molecule has 1 aliphatic carbocycles. The number of carbonyl (C=O) groups excluding carboxylic acids is 1.